The van der Waals surface area contributed by atoms with Crippen molar-refractivity contribution in [1.29, 1.82) is 0 Å². The van der Waals surface area contributed by atoms with Gasteiger partial charge >= 0.3 is 12.5 Å². The Morgan fingerprint density at radius 2 is 1.74 bits per heavy atom. The van der Waals surface area contributed by atoms with Crippen LogP contribution in [0.1, 0.15) is 37.5 Å². The van der Waals surface area contributed by atoms with Crippen LogP contribution in [-0.2, 0) is 9.47 Å². The van der Waals surface area contributed by atoms with Gasteiger partial charge in [0.05, 0.1) is 7.11 Å². The number of hydrogen-bond acceptors (Lipinski definition) is 6. The molecule has 0 fully saturated rings. The normalized spacial score (nSPS) is 15.6. The van der Waals surface area contributed by atoms with Crippen LogP contribution in [0.4, 0.5) is 23.7 Å². The quantitative estimate of drug-likeness (QED) is 0.531. The molecule has 1 aliphatic rings. The molecule has 0 aromatic heterocycles. The van der Waals surface area contributed by atoms with Crippen LogP contribution in [0, 0.1) is 6.92 Å². The molecular weight excluding hydrogens is 415 g/mol. The van der Waals surface area contributed by atoms with E-state index in [9.17, 15) is 18.0 Å². The number of nitrogens with one attached hydrogen (secondary N) is 1. The minimum Gasteiger partial charge on any atom is -0.457 e. The van der Waals surface area contributed by atoms with E-state index in [1.54, 1.807) is 6.07 Å². The fourth-order valence-electron chi connectivity index (χ4n) is 3.29. The number of methoxy groups -OCH3 is 1. The van der Waals surface area contributed by atoms with Gasteiger partial charge in [-0.1, -0.05) is 6.92 Å². The zero-order chi connectivity index (χ0) is 22.8. The Kier molecular flexibility index (Phi) is 6.33. The highest BCUT2D eigenvalue weighted by Gasteiger charge is 2.31. The van der Waals surface area contributed by atoms with Gasteiger partial charge in [0.25, 0.3) is 0 Å². The Morgan fingerprint density at radius 1 is 1.10 bits per heavy atom. The van der Waals surface area contributed by atoms with Crippen molar-refractivity contribution >= 4 is 11.8 Å². The van der Waals surface area contributed by atoms with Gasteiger partial charge in [0.15, 0.2) is 6.10 Å². The van der Waals surface area contributed by atoms with E-state index in [2.05, 4.69) is 14.8 Å². The van der Waals surface area contributed by atoms with Crippen LogP contribution >= 0.6 is 0 Å². The van der Waals surface area contributed by atoms with Crippen molar-refractivity contribution in [2.75, 3.05) is 12.4 Å². The van der Waals surface area contributed by atoms with Gasteiger partial charge in [0.1, 0.15) is 17.2 Å². The summed E-state index contributed by atoms with van der Waals surface area (Å²) >= 11 is 0. The number of carbonyl (C=O) groups is 1. The molecule has 2 aromatic rings. The van der Waals surface area contributed by atoms with E-state index in [1.165, 1.54) is 31.4 Å². The standard InChI is InChI=1S/C22H22F3NO5/c1-5-17-13(3)20(30-21(27)28-4)16-11-19(12(2)10-18(16)26-17)29-14-6-8-15(9-7-14)31-22(23,24)25/h6-11,20,26H,5H2,1-4H3. The van der Waals surface area contributed by atoms with E-state index in [0.29, 0.717) is 17.1 Å². The molecule has 0 bridgehead atoms. The van der Waals surface area contributed by atoms with Gasteiger partial charge in [-0.05, 0) is 67.8 Å². The zero-order valence-corrected chi connectivity index (χ0v) is 17.4. The molecule has 6 nitrogen and oxygen atoms in total. The van der Waals surface area contributed by atoms with Crippen LogP contribution in [0.2, 0.25) is 0 Å². The van der Waals surface area contributed by atoms with Crippen molar-refractivity contribution in [1.82, 2.24) is 0 Å². The summed E-state index contributed by atoms with van der Waals surface area (Å²) in [6.07, 6.45) is -5.52. The molecule has 0 radical (unpaired) electrons. The van der Waals surface area contributed by atoms with Gasteiger partial charge in [-0.15, -0.1) is 13.2 Å². The summed E-state index contributed by atoms with van der Waals surface area (Å²) < 4.78 is 56.9. The molecule has 1 N–H and O–H groups in total. The first-order chi connectivity index (χ1) is 14.6. The molecular formula is C22H22F3NO5. The first kappa shape index (κ1) is 22.3. The average molecular weight is 437 g/mol. The molecule has 1 atom stereocenters. The van der Waals surface area contributed by atoms with E-state index in [1.807, 2.05) is 26.8 Å². The number of aryl methyl sites for hydroxylation is 1. The number of rotatable bonds is 5. The van der Waals surface area contributed by atoms with Crippen molar-refractivity contribution in [2.45, 2.75) is 39.7 Å². The molecule has 0 saturated carbocycles. The van der Waals surface area contributed by atoms with Crippen LogP contribution < -0.4 is 14.8 Å². The Labute approximate surface area is 177 Å². The molecule has 9 heteroatoms. The molecule has 1 heterocycles. The number of allylic oxidation sites excluding steroid dienone is 1. The van der Waals surface area contributed by atoms with Gasteiger partial charge < -0.3 is 24.3 Å². The van der Waals surface area contributed by atoms with Gasteiger partial charge in [-0.25, -0.2) is 4.79 Å². The highest BCUT2D eigenvalue weighted by atomic mass is 19.4. The fourth-order valence-corrected chi connectivity index (χ4v) is 3.29. The van der Waals surface area contributed by atoms with Crippen LogP contribution in [0.15, 0.2) is 47.7 Å². The number of alkyl halides is 3. The summed E-state index contributed by atoms with van der Waals surface area (Å²) in [5.41, 5.74) is 4.01. The van der Waals surface area contributed by atoms with Crippen molar-refractivity contribution in [3.63, 3.8) is 0 Å². The minimum absolute atomic E-state index is 0.327. The summed E-state index contributed by atoms with van der Waals surface area (Å²) in [7, 11) is 1.24. The van der Waals surface area contributed by atoms with E-state index < -0.39 is 18.6 Å². The van der Waals surface area contributed by atoms with E-state index in [-0.39, 0.29) is 5.75 Å². The zero-order valence-electron chi connectivity index (χ0n) is 17.4. The molecule has 0 spiro atoms. The number of carbonyl (C=O) groups excluding carboxylic acids is 1. The molecule has 0 amide bonds. The lowest BCUT2D eigenvalue weighted by Crippen LogP contribution is -2.21. The van der Waals surface area contributed by atoms with Gasteiger partial charge in [0, 0.05) is 16.9 Å². The SMILES string of the molecule is CCC1=C(C)C(OC(=O)OC)c2cc(Oc3ccc(OC(F)(F)F)cc3)c(C)cc2N1. The Hall–Kier alpha value is -3.36. The summed E-state index contributed by atoms with van der Waals surface area (Å²) in [5.74, 6) is 0.454. The maximum absolute atomic E-state index is 12.3. The Morgan fingerprint density at radius 3 is 2.32 bits per heavy atom. The summed E-state index contributed by atoms with van der Waals surface area (Å²) in [6.45, 7) is 5.69. The van der Waals surface area contributed by atoms with Crippen molar-refractivity contribution in [3.8, 4) is 17.2 Å². The van der Waals surface area contributed by atoms with Gasteiger partial charge in [0.2, 0.25) is 0 Å². The lowest BCUT2D eigenvalue weighted by atomic mass is 9.93. The maximum atomic E-state index is 12.3. The highest BCUT2D eigenvalue weighted by Crippen LogP contribution is 2.43. The number of halogens is 3. The third-order valence-corrected chi connectivity index (χ3v) is 4.80. The largest absolute Gasteiger partial charge is 0.573 e. The number of fused-ring (bicyclic) bond motifs is 1. The van der Waals surface area contributed by atoms with Crippen LogP contribution in [-0.4, -0.2) is 19.6 Å². The predicted octanol–water partition coefficient (Wildman–Crippen LogP) is 6.62. The topological polar surface area (TPSA) is 66.0 Å². The average Bonchev–Trinajstić information content (AvgIpc) is 2.71. The predicted molar refractivity (Wildman–Crippen MR) is 107 cm³/mol. The second-order valence-corrected chi connectivity index (χ2v) is 6.92. The molecule has 0 saturated heterocycles. The summed E-state index contributed by atoms with van der Waals surface area (Å²) in [4.78, 5) is 11.8. The molecule has 1 unspecified atom stereocenters. The smallest absolute Gasteiger partial charge is 0.457 e. The lowest BCUT2D eigenvalue weighted by molar-refractivity contribution is -0.274. The second-order valence-electron chi connectivity index (χ2n) is 6.92. The second kappa shape index (κ2) is 8.79. The molecule has 1 aliphatic heterocycles. The first-order valence-electron chi connectivity index (χ1n) is 9.50. The fraction of sp³-hybridized carbons (Fsp3) is 0.318. The van der Waals surface area contributed by atoms with Crippen molar-refractivity contribution in [2.24, 2.45) is 0 Å². The van der Waals surface area contributed by atoms with Crippen LogP contribution in [0.25, 0.3) is 0 Å². The summed E-state index contributed by atoms with van der Waals surface area (Å²) in [5, 5.41) is 3.35. The number of anilines is 1. The number of ether oxygens (including phenoxy) is 4. The van der Waals surface area contributed by atoms with Gasteiger partial charge in [-0.3, -0.25) is 0 Å². The first-order valence-corrected chi connectivity index (χ1v) is 9.50. The van der Waals surface area contributed by atoms with Crippen molar-refractivity contribution in [3.05, 3.63) is 58.8 Å². The minimum atomic E-state index is -4.76. The molecule has 2 aromatic carbocycles. The van der Waals surface area contributed by atoms with E-state index in [0.717, 1.165) is 28.9 Å². The molecule has 31 heavy (non-hydrogen) atoms. The van der Waals surface area contributed by atoms with Crippen molar-refractivity contribution < 1.29 is 36.9 Å². The highest BCUT2D eigenvalue weighted by molar-refractivity contribution is 5.68. The number of benzene rings is 2. The Balaban J connectivity index is 1.90. The maximum Gasteiger partial charge on any atom is 0.573 e. The molecule has 0 aliphatic carbocycles. The Bertz CT molecular complexity index is 999. The van der Waals surface area contributed by atoms with Crippen LogP contribution in [0.5, 0.6) is 17.2 Å². The number of hydrogen-bond donors (Lipinski definition) is 1. The summed E-state index contributed by atoms with van der Waals surface area (Å²) in [6, 6.07) is 8.69. The molecule has 166 valence electrons. The van der Waals surface area contributed by atoms with E-state index >= 15 is 0 Å². The third kappa shape index (κ3) is 5.22. The van der Waals surface area contributed by atoms with Crippen LogP contribution in [0.3, 0.4) is 0 Å². The van der Waals surface area contributed by atoms with Gasteiger partial charge in [-0.2, -0.15) is 0 Å². The van der Waals surface area contributed by atoms with E-state index in [4.69, 9.17) is 9.47 Å². The lowest BCUT2D eigenvalue weighted by Gasteiger charge is -2.30. The molecule has 3 rings (SSSR count). The monoisotopic (exact) mass is 437 g/mol. The third-order valence-electron chi connectivity index (χ3n) is 4.80.